The van der Waals surface area contributed by atoms with Crippen LogP contribution >= 0.6 is 11.3 Å². The lowest BCUT2D eigenvalue weighted by Gasteiger charge is -2.17. The molecule has 8 nitrogen and oxygen atoms in total. The average molecular weight is 411 g/mol. The number of nitrogens with zero attached hydrogens (tertiary/aromatic N) is 4. The third-order valence-corrected chi connectivity index (χ3v) is 7.14. The molecule has 2 N–H and O–H groups in total. The molecule has 27 heavy (non-hydrogen) atoms. The van der Waals surface area contributed by atoms with Crippen molar-refractivity contribution in [2.24, 2.45) is 4.99 Å². The molecule has 1 aliphatic rings. The van der Waals surface area contributed by atoms with Crippen LogP contribution in [-0.4, -0.2) is 59.8 Å². The maximum atomic E-state index is 11.7. The Balaban J connectivity index is 1.56. The van der Waals surface area contributed by atoms with Crippen LogP contribution in [0.25, 0.3) is 0 Å². The van der Waals surface area contributed by atoms with E-state index in [0.717, 1.165) is 25.2 Å². The fourth-order valence-electron chi connectivity index (χ4n) is 3.02. The quantitative estimate of drug-likeness (QED) is 0.495. The largest absolute Gasteiger partial charge is 0.355 e. The van der Waals surface area contributed by atoms with Gasteiger partial charge >= 0.3 is 0 Å². The van der Waals surface area contributed by atoms with Crippen molar-refractivity contribution in [1.29, 1.82) is 0 Å². The van der Waals surface area contributed by atoms with E-state index < -0.39 is 9.84 Å². The molecule has 1 atom stereocenters. The van der Waals surface area contributed by atoms with Gasteiger partial charge in [0.25, 0.3) is 0 Å². The number of rotatable bonds is 8. The van der Waals surface area contributed by atoms with Crippen molar-refractivity contribution in [2.75, 3.05) is 24.6 Å². The molecule has 1 fully saturated rings. The van der Waals surface area contributed by atoms with Crippen LogP contribution in [0.4, 0.5) is 0 Å². The van der Waals surface area contributed by atoms with Crippen molar-refractivity contribution in [2.45, 2.75) is 38.8 Å². The van der Waals surface area contributed by atoms with Gasteiger partial charge in [0.15, 0.2) is 15.8 Å². The number of nitrogens with one attached hydrogen (secondary N) is 2. The number of hydrogen-bond acceptors (Lipinski definition) is 6. The molecule has 0 bridgehead atoms. The minimum Gasteiger partial charge on any atom is -0.355 e. The second kappa shape index (κ2) is 9.32. The standard InChI is InChI=1S/C17H26N6O2S2/c1-2-16-22-20-13-23(16)9-8-19-17(18-7-5-15-4-3-10-26-15)21-14-6-11-27(24,25)12-14/h3-4,10,13-14H,2,5-9,11-12H2,1H3,(H2,18,19,21). The van der Waals surface area contributed by atoms with E-state index in [9.17, 15) is 8.42 Å². The highest BCUT2D eigenvalue weighted by Gasteiger charge is 2.28. The van der Waals surface area contributed by atoms with E-state index in [1.54, 1.807) is 17.7 Å². The molecule has 148 valence electrons. The Hall–Kier alpha value is -1.94. The van der Waals surface area contributed by atoms with E-state index in [4.69, 9.17) is 0 Å². The highest BCUT2D eigenvalue weighted by Crippen LogP contribution is 2.11. The smallest absolute Gasteiger partial charge is 0.191 e. The summed E-state index contributed by atoms with van der Waals surface area (Å²) in [5.41, 5.74) is 0. The Labute approximate surface area is 164 Å². The van der Waals surface area contributed by atoms with Crippen LogP contribution < -0.4 is 10.6 Å². The molecule has 1 aliphatic heterocycles. The van der Waals surface area contributed by atoms with Crippen LogP contribution in [-0.2, 0) is 29.2 Å². The van der Waals surface area contributed by atoms with Crippen LogP contribution in [0.5, 0.6) is 0 Å². The van der Waals surface area contributed by atoms with E-state index >= 15 is 0 Å². The highest BCUT2D eigenvalue weighted by atomic mass is 32.2. The first-order chi connectivity index (χ1) is 13.1. The monoisotopic (exact) mass is 410 g/mol. The highest BCUT2D eigenvalue weighted by molar-refractivity contribution is 7.91. The molecule has 0 radical (unpaired) electrons. The van der Waals surface area contributed by atoms with E-state index in [-0.39, 0.29) is 17.5 Å². The average Bonchev–Trinajstić information content (AvgIpc) is 3.36. The second-order valence-corrected chi connectivity index (χ2v) is 9.79. The lowest BCUT2D eigenvalue weighted by Crippen LogP contribution is -2.45. The number of guanidine groups is 1. The molecule has 2 aromatic rings. The van der Waals surface area contributed by atoms with Crippen molar-refractivity contribution in [1.82, 2.24) is 25.4 Å². The normalized spacial score (nSPS) is 19.3. The first-order valence-electron chi connectivity index (χ1n) is 9.20. The van der Waals surface area contributed by atoms with E-state index in [2.05, 4.69) is 37.3 Å². The summed E-state index contributed by atoms with van der Waals surface area (Å²) < 4.78 is 25.4. The van der Waals surface area contributed by atoms with Crippen LogP contribution in [0.2, 0.25) is 0 Å². The molecule has 3 heterocycles. The van der Waals surface area contributed by atoms with Crippen molar-refractivity contribution in [3.8, 4) is 0 Å². The number of aromatic nitrogens is 3. The number of hydrogen-bond donors (Lipinski definition) is 2. The molecule has 10 heteroatoms. The van der Waals surface area contributed by atoms with Gasteiger partial charge in [-0.15, -0.1) is 21.5 Å². The second-order valence-electron chi connectivity index (χ2n) is 6.52. The Morgan fingerprint density at radius 1 is 1.48 bits per heavy atom. The molecule has 1 saturated heterocycles. The third-order valence-electron chi connectivity index (χ3n) is 4.44. The maximum absolute atomic E-state index is 11.7. The number of sulfone groups is 1. The number of thiophene rings is 1. The van der Waals surface area contributed by atoms with E-state index in [0.29, 0.717) is 25.5 Å². The van der Waals surface area contributed by atoms with E-state index in [1.165, 1.54) is 4.88 Å². The summed E-state index contributed by atoms with van der Waals surface area (Å²) in [6.07, 6.45) is 4.06. The molecule has 1 unspecified atom stereocenters. The minimum absolute atomic E-state index is 0.0795. The lowest BCUT2D eigenvalue weighted by atomic mass is 10.3. The van der Waals surface area contributed by atoms with Gasteiger partial charge in [-0.05, 0) is 17.9 Å². The van der Waals surface area contributed by atoms with Crippen molar-refractivity contribution >= 4 is 27.1 Å². The Morgan fingerprint density at radius 3 is 3.07 bits per heavy atom. The topological polar surface area (TPSA) is 101 Å². The summed E-state index contributed by atoms with van der Waals surface area (Å²) in [4.78, 5) is 5.93. The van der Waals surface area contributed by atoms with Gasteiger partial charge in [0.1, 0.15) is 12.2 Å². The molecule has 0 saturated carbocycles. The first-order valence-corrected chi connectivity index (χ1v) is 11.9. The summed E-state index contributed by atoms with van der Waals surface area (Å²) in [5, 5.41) is 16.7. The fourth-order valence-corrected chi connectivity index (χ4v) is 5.39. The fraction of sp³-hybridized carbons (Fsp3) is 0.588. The van der Waals surface area contributed by atoms with Crippen molar-refractivity contribution in [3.63, 3.8) is 0 Å². The summed E-state index contributed by atoms with van der Waals surface area (Å²) in [7, 11) is -2.93. The molecule has 2 aromatic heterocycles. The Bertz CT molecular complexity index is 845. The minimum atomic E-state index is -2.93. The van der Waals surface area contributed by atoms with Crippen LogP contribution in [0.1, 0.15) is 24.0 Å². The molecule has 3 rings (SSSR count). The van der Waals surface area contributed by atoms with Gasteiger partial charge in [-0.3, -0.25) is 4.99 Å². The predicted molar refractivity (Wildman–Crippen MR) is 108 cm³/mol. The molecule has 0 spiro atoms. The van der Waals surface area contributed by atoms with Crippen LogP contribution in [0.15, 0.2) is 28.8 Å². The van der Waals surface area contributed by atoms with Crippen LogP contribution in [0.3, 0.4) is 0 Å². The van der Waals surface area contributed by atoms with Crippen LogP contribution in [0, 0.1) is 0 Å². The molecular formula is C17H26N6O2S2. The molecule has 0 aromatic carbocycles. The zero-order valence-corrected chi connectivity index (χ0v) is 17.1. The van der Waals surface area contributed by atoms with Gasteiger partial charge in [-0.1, -0.05) is 13.0 Å². The van der Waals surface area contributed by atoms with Gasteiger partial charge in [0.2, 0.25) is 0 Å². The predicted octanol–water partition coefficient (Wildman–Crippen LogP) is 0.867. The zero-order valence-electron chi connectivity index (χ0n) is 15.5. The molecule has 0 aliphatic carbocycles. The number of aliphatic imine (C=N–C) groups is 1. The Kier molecular flexibility index (Phi) is 6.84. The molecular weight excluding hydrogens is 384 g/mol. The van der Waals surface area contributed by atoms with Crippen molar-refractivity contribution in [3.05, 3.63) is 34.5 Å². The third kappa shape index (κ3) is 6.03. The van der Waals surface area contributed by atoms with Gasteiger partial charge in [0, 0.05) is 43.4 Å². The van der Waals surface area contributed by atoms with Gasteiger partial charge in [-0.2, -0.15) is 0 Å². The number of aryl methyl sites for hydroxylation is 1. The Morgan fingerprint density at radius 2 is 2.37 bits per heavy atom. The summed E-state index contributed by atoms with van der Waals surface area (Å²) in [6.45, 7) is 4.09. The van der Waals surface area contributed by atoms with Crippen molar-refractivity contribution < 1.29 is 8.42 Å². The lowest BCUT2D eigenvalue weighted by molar-refractivity contribution is 0.597. The summed E-state index contributed by atoms with van der Waals surface area (Å²) >= 11 is 1.72. The molecule has 0 amide bonds. The first kappa shape index (κ1) is 19.8. The van der Waals surface area contributed by atoms with Gasteiger partial charge in [-0.25, -0.2) is 8.42 Å². The van der Waals surface area contributed by atoms with Gasteiger partial charge < -0.3 is 15.2 Å². The SMILES string of the molecule is CCc1nncn1CCNC(=NCCc1cccs1)NC1CCS(=O)(=O)C1. The zero-order chi connectivity index (χ0) is 19.1. The van der Waals surface area contributed by atoms with Gasteiger partial charge in [0.05, 0.1) is 11.5 Å². The maximum Gasteiger partial charge on any atom is 0.191 e. The summed E-state index contributed by atoms with van der Waals surface area (Å²) in [5.74, 6) is 2.03. The van der Waals surface area contributed by atoms with E-state index in [1.807, 2.05) is 17.6 Å². The summed E-state index contributed by atoms with van der Waals surface area (Å²) in [6, 6.07) is 4.06.